The highest BCUT2D eigenvalue weighted by Crippen LogP contribution is 2.25. The van der Waals surface area contributed by atoms with Gasteiger partial charge in [-0.25, -0.2) is 12.7 Å². The summed E-state index contributed by atoms with van der Waals surface area (Å²) >= 11 is 0. The molecule has 2 N–H and O–H groups in total. The molecule has 0 spiro atoms. The van der Waals surface area contributed by atoms with Crippen LogP contribution in [0, 0.1) is 0 Å². The average molecular weight is 510 g/mol. The number of methoxy groups -OCH3 is 1. The van der Waals surface area contributed by atoms with E-state index in [1.54, 1.807) is 30.3 Å². The summed E-state index contributed by atoms with van der Waals surface area (Å²) < 4.78 is 31.5. The number of aryl methyl sites for hydroxylation is 1. The molecule has 0 bridgehead atoms. The fraction of sp³-hybridized carbons (Fsp3) is 0.259. The molecule has 2 amide bonds. The van der Waals surface area contributed by atoms with Gasteiger partial charge < -0.3 is 15.4 Å². The van der Waals surface area contributed by atoms with E-state index in [2.05, 4.69) is 10.6 Å². The highest BCUT2D eigenvalue weighted by atomic mass is 32.2. The Kier molecular flexibility index (Phi) is 8.84. The highest BCUT2D eigenvalue weighted by Gasteiger charge is 2.20. The fourth-order valence-corrected chi connectivity index (χ4v) is 4.62. The van der Waals surface area contributed by atoms with E-state index in [1.165, 1.54) is 33.3 Å². The first-order chi connectivity index (χ1) is 17.1. The normalized spacial score (nSPS) is 12.1. The number of carbonyl (C=O) groups excluding carboxylic acids is 2. The second kappa shape index (κ2) is 11.8. The minimum absolute atomic E-state index is 0.0677. The molecule has 1 atom stereocenters. The van der Waals surface area contributed by atoms with Gasteiger partial charge in [0.25, 0.3) is 5.91 Å². The maximum atomic E-state index is 12.9. The van der Waals surface area contributed by atoms with Crippen LogP contribution in [0.2, 0.25) is 0 Å². The predicted molar refractivity (Wildman–Crippen MR) is 140 cm³/mol. The van der Waals surface area contributed by atoms with Gasteiger partial charge in [0, 0.05) is 20.5 Å². The molecule has 3 rings (SSSR count). The second-order valence-corrected chi connectivity index (χ2v) is 10.6. The first-order valence-electron chi connectivity index (χ1n) is 11.5. The lowest BCUT2D eigenvalue weighted by Crippen LogP contribution is -2.28. The van der Waals surface area contributed by atoms with Crippen LogP contribution < -0.4 is 15.4 Å². The Morgan fingerprint density at radius 3 is 2.31 bits per heavy atom. The number of anilines is 1. The Bertz CT molecular complexity index is 1320. The van der Waals surface area contributed by atoms with Crippen molar-refractivity contribution >= 4 is 27.5 Å². The van der Waals surface area contributed by atoms with Crippen molar-refractivity contribution in [3.63, 3.8) is 0 Å². The van der Waals surface area contributed by atoms with Crippen LogP contribution in [0.3, 0.4) is 0 Å². The van der Waals surface area contributed by atoms with Crippen molar-refractivity contribution in [2.75, 3.05) is 26.5 Å². The lowest BCUT2D eigenvalue weighted by atomic mass is 10.1. The fourth-order valence-electron chi connectivity index (χ4n) is 3.67. The first kappa shape index (κ1) is 26.9. The van der Waals surface area contributed by atoms with Crippen molar-refractivity contribution in [3.05, 3.63) is 89.5 Å². The minimum Gasteiger partial charge on any atom is -0.496 e. The summed E-state index contributed by atoms with van der Waals surface area (Å²) in [6, 6.07) is 20.8. The highest BCUT2D eigenvalue weighted by molar-refractivity contribution is 7.89. The number of nitrogens with zero attached hydrogens (tertiary/aromatic N) is 1. The van der Waals surface area contributed by atoms with E-state index in [9.17, 15) is 18.0 Å². The Labute approximate surface area is 212 Å². The molecule has 0 heterocycles. The first-order valence-corrected chi connectivity index (χ1v) is 12.9. The van der Waals surface area contributed by atoms with Crippen LogP contribution in [0.4, 0.5) is 5.69 Å². The number of benzene rings is 3. The number of hydrogen-bond acceptors (Lipinski definition) is 5. The third-order valence-corrected chi connectivity index (χ3v) is 7.56. The van der Waals surface area contributed by atoms with Crippen molar-refractivity contribution in [2.45, 2.75) is 30.7 Å². The van der Waals surface area contributed by atoms with Crippen molar-refractivity contribution in [3.8, 4) is 5.75 Å². The number of para-hydroxylation sites is 1. The van der Waals surface area contributed by atoms with Gasteiger partial charge in [-0.2, -0.15) is 0 Å². The summed E-state index contributed by atoms with van der Waals surface area (Å²) in [7, 11) is 0.785. The standard InChI is InChI=1S/C27H31N3O5S/c1-19(20-10-6-5-7-11-20)28-27(32)23-12-8-9-13-24(23)29-26(31)17-14-21-18-22(15-16-25(21)35-4)36(33,34)30(2)3/h5-13,15-16,18-19H,14,17H2,1-4H3,(H,28,32)(H,29,31)/t19-/m1/s1. The zero-order chi connectivity index (χ0) is 26.3. The predicted octanol–water partition coefficient (Wildman–Crippen LogP) is 4.01. The Morgan fingerprint density at radius 1 is 0.972 bits per heavy atom. The zero-order valence-corrected chi connectivity index (χ0v) is 21.6. The van der Waals surface area contributed by atoms with Crippen LogP contribution in [0.15, 0.2) is 77.7 Å². The van der Waals surface area contributed by atoms with Gasteiger partial charge in [-0.15, -0.1) is 0 Å². The van der Waals surface area contributed by atoms with Crippen LogP contribution in [0.25, 0.3) is 0 Å². The molecule has 3 aromatic rings. The molecule has 0 unspecified atom stereocenters. The molecule has 0 saturated carbocycles. The largest absolute Gasteiger partial charge is 0.496 e. The maximum absolute atomic E-state index is 12.9. The van der Waals surface area contributed by atoms with Crippen molar-refractivity contribution in [2.24, 2.45) is 0 Å². The zero-order valence-electron chi connectivity index (χ0n) is 20.8. The van der Waals surface area contributed by atoms with Gasteiger partial charge in [-0.1, -0.05) is 42.5 Å². The number of nitrogens with one attached hydrogen (secondary N) is 2. The van der Waals surface area contributed by atoms with Crippen LogP contribution in [0.5, 0.6) is 5.75 Å². The van der Waals surface area contributed by atoms with E-state index in [0.717, 1.165) is 9.87 Å². The number of amides is 2. The van der Waals surface area contributed by atoms with Gasteiger partial charge in [-0.3, -0.25) is 9.59 Å². The van der Waals surface area contributed by atoms with Gasteiger partial charge >= 0.3 is 0 Å². The Balaban J connectivity index is 1.71. The van der Waals surface area contributed by atoms with Crippen LogP contribution in [-0.2, 0) is 21.2 Å². The molecular weight excluding hydrogens is 478 g/mol. The third kappa shape index (κ3) is 6.50. The monoisotopic (exact) mass is 509 g/mol. The number of carbonyl (C=O) groups is 2. The topological polar surface area (TPSA) is 105 Å². The summed E-state index contributed by atoms with van der Waals surface area (Å²) in [6.45, 7) is 1.90. The van der Waals surface area contributed by atoms with Gasteiger partial charge in [0.05, 0.1) is 29.3 Å². The summed E-state index contributed by atoms with van der Waals surface area (Å²) in [4.78, 5) is 25.8. The molecule has 36 heavy (non-hydrogen) atoms. The lowest BCUT2D eigenvalue weighted by molar-refractivity contribution is -0.116. The molecule has 8 nitrogen and oxygen atoms in total. The van der Waals surface area contributed by atoms with Gasteiger partial charge in [0.2, 0.25) is 15.9 Å². The Morgan fingerprint density at radius 2 is 1.64 bits per heavy atom. The van der Waals surface area contributed by atoms with Crippen LogP contribution >= 0.6 is 0 Å². The van der Waals surface area contributed by atoms with Crippen molar-refractivity contribution in [1.29, 1.82) is 0 Å². The van der Waals surface area contributed by atoms with Crippen molar-refractivity contribution < 1.29 is 22.7 Å². The number of ether oxygens (including phenoxy) is 1. The molecule has 0 aliphatic heterocycles. The molecule has 0 aliphatic carbocycles. The molecule has 190 valence electrons. The molecule has 0 radical (unpaired) electrons. The van der Waals surface area contributed by atoms with E-state index < -0.39 is 10.0 Å². The van der Waals surface area contributed by atoms with Crippen LogP contribution in [-0.4, -0.2) is 45.7 Å². The molecule has 0 aliphatic rings. The molecule has 0 aromatic heterocycles. The maximum Gasteiger partial charge on any atom is 0.253 e. The average Bonchev–Trinajstić information content (AvgIpc) is 2.87. The van der Waals surface area contributed by atoms with Gasteiger partial charge in [-0.05, 0) is 54.8 Å². The summed E-state index contributed by atoms with van der Waals surface area (Å²) in [5, 5.41) is 5.77. The molecule has 0 fully saturated rings. The summed E-state index contributed by atoms with van der Waals surface area (Å²) in [5.41, 5.74) is 2.32. The number of sulfonamides is 1. The van der Waals surface area contributed by atoms with Gasteiger partial charge in [0.15, 0.2) is 0 Å². The number of rotatable bonds is 10. The minimum atomic E-state index is -3.62. The van der Waals surface area contributed by atoms with E-state index in [4.69, 9.17) is 4.74 Å². The third-order valence-electron chi connectivity index (χ3n) is 5.74. The van der Waals surface area contributed by atoms with E-state index in [-0.39, 0.29) is 35.6 Å². The van der Waals surface area contributed by atoms with E-state index in [0.29, 0.717) is 22.6 Å². The SMILES string of the molecule is COc1ccc(S(=O)(=O)N(C)C)cc1CCC(=O)Nc1ccccc1C(=O)N[C@H](C)c1ccccc1. The number of hydrogen-bond donors (Lipinski definition) is 2. The van der Waals surface area contributed by atoms with E-state index in [1.807, 2.05) is 37.3 Å². The smallest absolute Gasteiger partial charge is 0.253 e. The molecule has 0 saturated heterocycles. The Hall–Kier alpha value is -3.69. The lowest BCUT2D eigenvalue weighted by Gasteiger charge is -2.17. The van der Waals surface area contributed by atoms with Crippen molar-refractivity contribution in [1.82, 2.24) is 9.62 Å². The van der Waals surface area contributed by atoms with E-state index >= 15 is 0 Å². The van der Waals surface area contributed by atoms with Gasteiger partial charge in [0.1, 0.15) is 5.75 Å². The summed E-state index contributed by atoms with van der Waals surface area (Å²) in [6.07, 6.45) is 0.323. The summed E-state index contributed by atoms with van der Waals surface area (Å²) in [5.74, 6) is -0.116. The quantitative estimate of drug-likeness (QED) is 0.430. The second-order valence-electron chi connectivity index (χ2n) is 8.46. The molecule has 3 aromatic carbocycles. The van der Waals surface area contributed by atoms with Crippen LogP contribution in [0.1, 0.15) is 40.9 Å². The molecule has 9 heteroatoms. The molecular formula is C27H31N3O5S.